The van der Waals surface area contributed by atoms with Crippen LogP contribution in [0.2, 0.25) is 0 Å². The van der Waals surface area contributed by atoms with Crippen molar-refractivity contribution < 1.29 is 14.7 Å². The van der Waals surface area contributed by atoms with Crippen molar-refractivity contribution in [3.8, 4) is 11.1 Å². The number of aromatic carboxylic acids is 1. The van der Waals surface area contributed by atoms with Gasteiger partial charge in [-0.15, -0.1) is 0 Å². The lowest BCUT2D eigenvalue weighted by Crippen LogP contribution is -2.11. The van der Waals surface area contributed by atoms with Crippen LogP contribution in [0.3, 0.4) is 0 Å². The first-order valence-electron chi connectivity index (χ1n) is 8.86. The summed E-state index contributed by atoms with van der Waals surface area (Å²) in [5.74, 6) is -1.39. The van der Waals surface area contributed by atoms with Crippen LogP contribution in [-0.2, 0) is 5.41 Å². The topological polar surface area (TPSA) is 54.4 Å². The molecule has 27 heavy (non-hydrogen) atoms. The van der Waals surface area contributed by atoms with Crippen LogP contribution in [0.25, 0.3) is 11.1 Å². The summed E-state index contributed by atoms with van der Waals surface area (Å²) in [6.07, 6.45) is 0. The molecule has 3 aromatic carbocycles. The summed E-state index contributed by atoms with van der Waals surface area (Å²) in [4.78, 5) is 24.6. The molecule has 0 atom stereocenters. The Morgan fingerprint density at radius 1 is 0.704 bits per heavy atom. The molecule has 3 heteroatoms. The molecule has 0 heterocycles. The van der Waals surface area contributed by atoms with E-state index >= 15 is 0 Å². The van der Waals surface area contributed by atoms with Crippen molar-refractivity contribution in [1.29, 1.82) is 0 Å². The molecule has 0 aliphatic heterocycles. The minimum Gasteiger partial charge on any atom is -0.478 e. The van der Waals surface area contributed by atoms with Crippen molar-refractivity contribution in [3.05, 3.63) is 95.1 Å². The summed E-state index contributed by atoms with van der Waals surface area (Å²) in [5, 5.41) is 9.40. The van der Waals surface area contributed by atoms with Crippen LogP contribution in [0.1, 0.15) is 52.6 Å². The highest BCUT2D eigenvalue weighted by Gasteiger charge is 2.20. The minimum atomic E-state index is -1.11. The zero-order valence-corrected chi connectivity index (χ0v) is 15.7. The number of rotatable bonds is 4. The normalized spacial score (nSPS) is 11.2. The van der Waals surface area contributed by atoms with Gasteiger partial charge in [0, 0.05) is 11.1 Å². The van der Waals surface area contributed by atoms with Gasteiger partial charge in [0.1, 0.15) is 0 Å². The molecular weight excluding hydrogens is 336 g/mol. The van der Waals surface area contributed by atoms with E-state index < -0.39 is 5.97 Å². The Kier molecular flexibility index (Phi) is 4.95. The van der Waals surface area contributed by atoms with E-state index in [1.165, 1.54) is 11.6 Å². The Hall–Kier alpha value is -3.20. The van der Waals surface area contributed by atoms with E-state index in [-0.39, 0.29) is 22.3 Å². The fourth-order valence-electron chi connectivity index (χ4n) is 3.10. The molecule has 0 aliphatic carbocycles. The number of carbonyl (C=O) groups is 2. The van der Waals surface area contributed by atoms with Gasteiger partial charge in [0.25, 0.3) is 0 Å². The van der Waals surface area contributed by atoms with E-state index in [9.17, 15) is 14.7 Å². The molecule has 0 unspecified atom stereocenters. The molecule has 136 valence electrons. The summed E-state index contributed by atoms with van der Waals surface area (Å²) in [6.45, 7) is 6.47. The van der Waals surface area contributed by atoms with Crippen LogP contribution in [-0.4, -0.2) is 16.9 Å². The van der Waals surface area contributed by atoms with E-state index in [1.807, 2.05) is 24.3 Å². The zero-order valence-electron chi connectivity index (χ0n) is 15.7. The fraction of sp³-hybridized carbons (Fsp3) is 0.167. The first-order chi connectivity index (χ1) is 12.8. The number of ketones is 1. The average Bonchev–Trinajstić information content (AvgIpc) is 2.67. The van der Waals surface area contributed by atoms with E-state index in [0.29, 0.717) is 5.56 Å². The van der Waals surface area contributed by atoms with Crippen molar-refractivity contribution >= 4 is 11.8 Å². The Morgan fingerprint density at radius 2 is 1.22 bits per heavy atom. The predicted molar refractivity (Wildman–Crippen MR) is 107 cm³/mol. The minimum absolute atomic E-state index is 0.0142. The molecule has 0 fully saturated rings. The first kappa shape index (κ1) is 18.6. The maximum atomic E-state index is 13.1. The SMILES string of the molecule is CC(C)(C)c1ccc(-c2ccccc2C(=O)c2ccccc2C(=O)O)cc1. The molecule has 0 bridgehead atoms. The van der Waals surface area contributed by atoms with Crippen molar-refractivity contribution in [2.24, 2.45) is 0 Å². The van der Waals surface area contributed by atoms with Crippen LogP contribution >= 0.6 is 0 Å². The Balaban J connectivity index is 2.08. The van der Waals surface area contributed by atoms with Crippen molar-refractivity contribution in [3.63, 3.8) is 0 Å². The van der Waals surface area contributed by atoms with E-state index in [1.54, 1.807) is 30.3 Å². The molecule has 0 spiro atoms. The highest BCUT2D eigenvalue weighted by Crippen LogP contribution is 2.29. The standard InChI is InChI=1S/C24H22O3/c1-24(2,3)17-14-12-16(13-15-17)18-8-4-5-9-19(18)22(25)20-10-6-7-11-21(20)23(26)27/h4-15H,1-3H3,(H,26,27). The second kappa shape index (κ2) is 7.20. The lowest BCUT2D eigenvalue weighted by atomic mass is 9.85. The molecule has 0 aliphatic rings. The van der Waals surface area contributed by atoms with Gasteiger partial charge in [-0.05, 0) is 28.2 Å². The third-order valence-electron chi connectivity index (χ3n) is 4.64. The third-order valence-corrected chi connectivity index (χ3v) is 4.64. The van der Waals surface area contributed by atoms with Crippen LogP contribution < -0.4 is 0 Å². The molecular formula is C24H22O3. The largest absolute Gasteiger partial charge is 0.478 e. The number of carbonyl (C=O) groups excluding carboxylic acids is 1. The Labute approximate surface area is 159 Å². The van der Waals surface area contributed by atoms with Crippen molar-refractivity contribution in [1.82, 2.24) is 0 Å². The molecule has 1 N–H and O–H groups in total. The number of hydrogen-bond acceptors (Lipinski definition) is 2. The van der Waals surface area contributed by atoms with Crippen LogP contribution in [0, 0.1) is 0 Å². The Bertz CT molecular complexity index is 993. The van der Waals surface area contributed by atoms with Gasteiger partial charge in [0.2, 0.25) is 0 Å². The lowest BCUT2D eigenvalue weighted by Gasteiger charge is -2.19. The number of carboxylic acid groups (broad SMARTS) is 1. The summed E-state index contributed by atoms with van der Waals surface area (Å²) < 4.78 is 0. The average molecular weight is 358 g/mol. The molecule has 3 aromatic rings. The number of carboxylic acids is 1. The van der Waals surface area contributed by atoms with Gasteiger partial charge in [-0.25, -0.2) is 4.79 Å². The summed E-state index contributed by atoms with van der Waals surface area (Å²) in [7, 11) is 0. The summed E-state index contributed by atoms with van der Waals surface area (Å²) in [6, 6.07) is 21.8. The first-order valence-corrected chi connectivity index (χ1v) is 8.86. The van der Waals surface area contributed by atoms with Crippen LogP contribution in [0.15, 0.2) is 72.8 Å². The van der Waals surface area contributed by atoms with Crippen LogP contribution in [0.4, 0.5) is 0 Å². The number of hydrogen-bond donors (Lipinski definition) is 1. The van der Waals surface area contributed by atoms with Gasteiger partial charge in [-0.1, -0.05) is 87.5 Å². The quantitative estimate of drug-likeness (QED) is 0.619. The molecule has 0 aromatic heterocycles. The van der Waals surface area contributed by atoms with Gasteiger partial charge in [0.15, 0.2) is 5.78 Å². The van der Waals surface area contributed by atoms with E-state index in [4.69, 9.17) is 0 Å². The van der Waals surface area contributed by atoms with Gasteiger partial charge < -0.3 is 5.11 Å². The van der Waals surface area contributed by atoms with E-state index in [0.717, 1.165) is 11.1 Å². The molecule has 3 rings (SSSR count). The van der Waals surface area contributed by atoms with Crippen LogP contribution in [0.5, 0.6) is 0 Å². The maximum absolute atomic E-state index is 13.1. The van der Waals surface area contributed by atoms with E-state index in [2.05, 4.69) is 32.9 Å². The second-order valence-corrected chi connectivity index (χ2v) is 7.55. The molecule has 0 radical (unpaired) electrons. The second-order valence-electron chi connectivity index (χ2n) is 7.55. The van der Waals surface area contributed by atoms with Crippen molar-refractivity contribution in [2.45, 2.75) is 26.2 Å². The number of benzene rings is 3. The van der Waals surface area contributed by atoms with Crippen molar-refractivity contribution in [2.75, 3.05) is 0 Å². The summed E-state index contributed by atoms with van der Waals surface area (Å²) >= 11 is 0. The molecule has 0 amide bonds. The van der Waals surface area contributed by atoms with Gasteiger partial charge >= 0.3 is 5.97 Å². The molecule has 0 saturated carbocycles. The highest BCUT2D eigenvalue weighted by atomic mass is 16.4. The monoisotopic (exact) mass is 358 g/mol. The van der Waals surface area contributed by atoms with Gasteiger partial charge in [-0.2, -0.15) is 0 Å². The predicted octanol–water partition coefficient (Wildman–Crippen LogP) is 5.58. The third kappa shape index (κ3) is 3.82. The zero-order chi connectivity index (χ0) is 19.6. The Morgan fingerprint density at radius 3 is 1.78 bits per heavy atom. The van der Waals surface area contributed by atoms with Gasteiger partial charge in [0.05, 0.1) is 5.56 Å². The lowest BCUT2D eigenvalue weighted by molar-refractivity contribution is 0.0693. The molecule has 0 saturated heterocycles. The van der Waals surface area contributed by atoms with Gasteiger partial charge in [-0.3, -0.25) is 4.79 Å². The maximum Gasteiger partial charge on any atom is 0.336 e. The smallest absolute Gasteiger partial charge is 0.336 e. The molecule has 3 nitrogen and oxygen atoms in total. The summed E-state index contributed by atoms with van der Waals surface area (Å²) in [5.41, 5.74) is 3.70. The fourth-order valence-corrected chi connectivity index (χ4v) is 3.10. The highest BCUT2D eigenvalue weighted by molar-refractivity contribution is 6.17.